The number of anilines is 1. The molecule has 0 unspecified atom stereocenters. The molecule has 0 fully saturated rings. The van der Waals surface area contributed by atoms with Crippen LogP contribution in [0.4, 0.5) is 10.1 Å². The molecule has 0 spiro atoms. The molecule has 0 saturated carbocycles. The molecule has 1 aromatic carbocycles. The number of halogens is 2. The normalized spacial score (nSPS) is 10.7. The molecule has 0 radical (unpaired) electrons. The van der Waals surface area contributed by atoms with Crippen molar-refractivity contribution < 1.29 is 13.6 Å². The third-order valence-electron chi connectivity index (χ3n) is 3.52. The van der Waals surface area contributed by atoms with Gasteiger partial charge in [-0.2, -0.15) is 0 Å². The third kappa shape index (κ3) is 3.97. The quantitative estimate of drug-likeness (QED) is 0.739. The van der Waals surface area contributed by atoms with Gasteiger partial charge in [-0.3, -0.25) is 9.59 Å². The molecule has 2 aromatic heterocycles. The molecule has 1 N–H and O–H groups in total. The van der Waals surface area contributed by atoms with Gasteiger partial charge in [-0.05, 0) is 24.3 Å². The molecular weight excluding hydrogens is 363 g/mol. The lowest BCUT2D eigenvalue weighted by atomic mass is 10.2. The van der Waals surface area contributed by atoms with Crippen LogP contribution in [0.25, 0.3) is 11.5 Å². The predicted molar refractivity (Wildman–Crippen MR) is 93.4 cm³/mol. The van der Waals surface area contributed by atoms with Gasteiger partial charge in [0.1, 0.15) is 12.4 Å². The summed E-state index contributed by atoms with van der Waals surface area (Å²) >= 11 is 5.67. The van der Waals surface area contributed by atoms with Crippen LogP contribution in [0.5, 0.6) is 0 Å². The van der Waals surface area contributed by atoms with Crippen molar-refractivity contribution in [3.63, 3.8) is 0 Å². The van der Waals surface area contributed by atoms with Gasteiger partial charge in [0.05, 0.1) is 11.3 Å². The van der Waals surface area contributed by atoms with Crippen molar-refractivity contribution in [2.24, 2.45) is 0 Å². The standard InChI is InChI=1S/C17H14ClFN4O3/c1-2-15-21-22-17(26-15)10-3-6-16(25)23(8-10)9-14(24)20-13-5-4-11(18)7-12(13)19/h3-8H,2,9H2,1H3,(H,20,24). The van der Waals surface area contributed by atoms with Crippen LogP contribution in [-0.2, 0) is 17.8 Å². The SMILES string of the molecule is CCc1nnc(-c2ccc(=O)n(CC(=O)Nc3ccc(Cl)cc3F)c2)o1. The van der Waals surface area contributed by atoms with Crippen LogP contribution in [0.3, 0.4) is 0 Å². The smallest absolute Gasteiger partial charge is 0.251 e. The second kappa shape index (κ2) is 7.49. The fraction of sp³-hybridized carbons (Fsp3) is 0.176. The van der Waals surface area contributed by atoms with Gasteiger partial charge in [0.25, 0.3) is 5.56 Å². The van der Waals surface area contributed by atoms with E-state index in [-0.39, 0.29) is 23.1 Å². The summed E-state index contributed by atoms with van der Waals surface area (Å²) in [6.45, 7) is 1.57. The minimum absolute atomic E-state index is 0.0203. The summed E-state index contributed by atoms with van der Waals surface area (Å²) in [6.07, 6.45) is 2.02. The Kier molecular flexibility index (Phi) is 5.13. The summed E-state index contributed by atoms with van der Waals surface area (Å²) in [5.74, 6) is -0.511. The molecule has 0 aliphatic heterocycles. The fourth-order valence-electron chi connectivity index (χ4n) is 2.23. The van der Waals surface area contributed by atoms with E-state index in [4.69, 9.17) is 16.0 Å². The van der Waals surface area contributed by atoms with Crippen molar-refractivity contribution in [3.8, 4) is 11.5 Å². The molecule has 26 heavy (non-hydrogen) atoms. The highest BCUT2D eigenvalue weighted by atomic mass is 35.5. The van der Waals surface area contributed by atoms with E-state index in [1.165, 1.54) is 35.0 Å². The van der Waals surface area contributed by atoms with Crippen molar-refractivity contribution >= 4 is 23.2 Å². The molecule has 3 aromatic rings. The molecule has 2 heterocycles. The average Bonchev–Trinajstić information content (AvgIpc) is 3.08. The van der Waals surface area contributed by atoms with Crippen molar-refractivity contribution in [3.05, 3.63) is 63.6 Å². The summed E-state index contributed by atoms with van der Waals surface area (Å²) in [7, 11) is 0. The van der Waals surface area contributed by atoms with Gasteiger partial charge in [0, 0.05) is 23.7 Å². The first-order valence-electron chi connectivity index (χ1n) is 7.74. The van der Waals surface area contributed by atoms with Crippen LogP contribution in [0, 0.1) is 5.82 Å². The van der Waals surface area contributed by atoms with Crippen molar-refractivity contribution in [1.29, 1.82) is 0 Å². The summed E-state index contributed by atoms with van der Waals surface area (Å²) < 4.78 is 20.4. The largest absolute Gasteiger partial charge is 0.421 e. The van der Waals surface area contributed by atoms with Crippen LogP contribution < -0.4 is 10.9 Å². The minimum Gasteiger partial charge on any atom is -0.421 e. The van der Waals surface area contributed by atoms with Crippen LogP contribution in [0.15, 0.2) is 45.7 Å². The molecule has 3 rings (SSSR count). The Bertz CT molecular complexity index is 1020. The number of aromatic nitrogens is 3. The van der Waals surface area contributed by atoms with Gasteiger partial charge in [0.2, 0.25) is 17.7 Å². The number of nitrogens with one attached hydrogen (secondary N) is 1. The number of hydrogen-bond donors (Lipinski definition) is 1. The zero-order chi connectivity index (χ0) is 18.7. The number of pyridine rings is 1. The van der Waals surface area contributed by atoms with Crippen LogP contribution >= 0.6 is 11.6 Å². The second-order valence-electron chi connectivity index (χ2n) is 5.41. The number of aryl methyl sites for hydroxylation is 1. The molecule has 0 aliphatic carbocycles. The first kappa shape index (κ1) is 17.8. The molecule has 0 aliphatic rings. The Morgan fingerprint density at radius 2 is 2.12 bits per heavy atom. The summed E-state index contributed by atoms with van der Waals surface area (Å²) in [4.78, 5) is 24.1. The molecule has 9 heteroatoms. The van der Waals surface area contributed by atoms with Gasteiger partial charge < -0.3 is 14.3 Å². The van der Waals surface area contributed by atoms with Gasteiger partial charge in [-0.15, -0.1) is 10.2 Å². The first-order chi connectivity index (χ1) is 12.5. The average molecular weight is 377 g/mol. The van der Waals surface area contributed by atoms with E-state index in [0.29, 0.717) is 17.9 Å². The zero-order valence-electron chi connectivity index (χ0n) is 13.7. The summed E-state index contributed by atoms with van der Waals surface area (Å²) in [5.41, 5.74) is 0.0890. The second-order valence-corrected chi connectivity index (χ2v) is 5.85. The third-order valence-corrected chi connectivity index (χ3v) is 3.75. The van der Waals surface area contributed by atoms with Gasteiger partial charge >= 0.3 is 0 Å². The number of hydrogen-bond acceptors (Lipinski definition) is 5. The van der Waals surface area contributed by atoms with Crippen molar-refractivity contribution in [2.75, 3.05) is 5.32 Å². The van der Waals surface area contributed by atoms with Crippen LogP contribution in [-0.4, -0.2) is 20.7 Å². The number of carbonyl (C=O) groups excluding carboxylic acids is 1. The monoisotopic (exact) mass is 376 g/mol. The molecule has 1 amide bonds. The Balaban J connectivity index is 1.79. The summed E-state index contributed by atoms with van der Waals surface area (Å²) in [6, 6.07) is 6.71. The number of nitrogens with zero attached hydrogens (tertiary/aromatic N) is 3. The van der Waals surface area contributed by atoms with E-state index < -0.39 is 17.3 Å². The highest BCUT2D eigenvalue weighted by molar-refractivity contribution is 6.30. The van der Waals surface area contributed by atoms with Crippen LogP contribution in [0.1, 0.15) is 12.8 Å². The van der Waals surface area contributed by atoms with Crippen molar-refractivity contribution in [1.82, 2.24) is 14.8 Å². The highest BCUT2D eigenvalue weighted by Crippen LogP contribution is 2.19. The van der Waals surface area contributed by atoms with E-state index in [9.17, 15) is 14.0 Å². The molecule has 134 valence electrons. The van der Waals surface area contributed by atoms with Gasteiger partial charge in [-0.25, -0.2) is 4.39 Å². The lowest BCUT2D eigenvalue weighted by Crippen LogP contribution is -2.27. The topological polar surface area (TPSA) is 90.0 Å². The molecule has 0 saturated heterocycles. The number of rotatable bonds is 5. The molecule has 7 nitrogen and oxygen atoms in total. The first-order valence-corrected chi connectivity index (χ1v) is 8.12. The Hall–Kier alpha value is -3.00. The maximum absolute atomic E-state index is 13.8. The molecule has 0 bridgehead atoms. The number of benzene rings is 1. The van der Waals surface area contributed by atoms with E-state index in [2.05, 4.69) is 15.5 Å². The maximum Gasteiger partial charge on any atom is 0.251 e. The van der Waals surface area contributed by atoms with E-state index in [0.717, 1.165) is 6.07 Å². The summed E-state index contributed by atoms with van der Waals surface area (Å²) in [5, 5.41) is 10.4. The van der Waals surface area contributed by atoms with Gasteiger partial charge in [0.15, 0.2) is 0 Å². The van der Waals surface area contributed by atoms with E-state index in [1.54, 1.807) is 0 Å². The lowest BCUT2D eigenvalue weighted by molar-refractivity contribution is -0.116. The molecular formula is C17H14ClFN4O3. The fourth-order valence-corrected chi connectivity index (χ4v) is 2.39. The van der Waals surface area contributed by atoms with E-state index >= 15 is 0 Å². The maximum atomic E-state index is 13.8. The van der Waals surface area contributed by atoms with E-state index in [1.807, 2.05) is 6.92 Å². The lowest BCUT2D eigenvalue weighted by Gasteiger charge is -2.09. The number of carbonyl (C=O) groups is 1. The highest BCUT2D eigenvalue weighted by Gasteiger charge is 2.12. The Morgan fingerprint density at radius 3 is 2.81 bits per heavy atom. The molecule has 0 atom stereocenters. The predicted octanol–water partition coefficient (Wildman–Crippen LogP) is 2.89. The Morgan fingerprint density at radius 1 is 1.31 bits per heavy atom. The van der Waals surface area contributed by atoms with Gasteiger partial charge in [-0.1, -0.05) is 18.5 Å². The van der Waals surface area contributed by atoms with Crippen LogP contribution in [0.2, 0.25) is 5.02 Å². The minimum atomic E-state index is -0.662. The van der Waals surface area contributed by atoms with Crippen molar-refractivity contribution in [2.45, 2.75) is 19.9 Å². The number of amides is 1. The zero-order valence-corrected chi connectivity index (χ0v) is 14.5. The Labute approximate surface area is 152 Å².